The van der Waals surface area contributed by atoms with Crippen LogP contribution in [-0.4, -0.2) is 25.8 Å². The summed E-state index contributed by atoms with van der Waals surface area (Å²) < 4.78 is 42.6. The third kappa shape index (κ3) is 4.37. The van der Waals surface area contributed by atoms with Crippen LogP contribution < -0.4 is 5.73 Å². The number of hydrogen-bond donors (Lipinski definition) is 2. The van der Waals surface area contributed by atoms with Gasteiger partial charge in [0.15, 0.2) is 0 Å². The molecule has 0 heterocycles. The van der Waals surface area contributed by atoms with Crippen molar-refractivity contribution in [2.45, 2.75) is 11.8 Å². The number of guanidine groups is 1. The summed E-state index contributed by atoms with van der Waals surface area (Å²) >= 11 is 0. The summed E-state index contributed by atoms with van der Waals surface area (Å²) in [4.78, 5) is -0.125. The maximum absolute atomic E-state index is 13.5. The molecule has 2 aromatic rings. The summed E-state index contributed by atoms with van der Waals surface area (Å²) in [5.41, 5.74) is 6.21. The lowest BCUT2D eigenvalue weighted by Crippen LogP contribution is -2.34. The fourth-order valence-electron chi connectivity index (χ4n) is 1.66. The number of aryl methyl sites for hydroxylation is 1. The van der Waals surface area contributed by atoms with Crippen molar-refractivity contribution in [2.75, 3.05) is 0 Å². The first-order valence-electron chi connectivity index (χ1n) is 6.73. The topological polar surface area (TPSA) is 109 Å². The number of hydroxylamine groups is 1. The Kier molecular flexibility index (Phi) is 5.27. The van der Waals surface area contributed by atoms with E-state index in [0.29, 0.717) is 5.17 Å². The summed E-state index contributed by atoms with van der Waals surface area (Å²) in [6, 6.07) is 11.6. The Morgan fingerprint density at radius 2 is 1.88 bits per heavy atom. The number of rotatable bonds is 5. The molecule has 0 aromatic heterocycles. The van der Waals surface area contributed by atoms with Crippen LogP contribution in [0.2, 0.25) is 0 Å². The van der Waals surface area contributed by atoms with E-state index in [0.717, 1.165) is 11.8 Å². The van der Waals surface area contributed by atoms with Crippen LogP contribution in [-0.2, 0) is 14.4 Å². The molecule has 24 heavy (non-hydrogen) atoms. The second-order valence-corrected chi connectivity index (χ2v) is 6.29. The second-order valence-electron chi connectivity index (χ2n) is 4.77. The molecule has 0 aliphatic rings. The Balaban J connectivity index is 2.24. The van der Waals surface area contributed by atoms with E-state index in [4.69, 9.17) is 15.4 Å². The quantitative estimate of drug-likeness (QED) is 0.487. The molecule has 2 rings (SSSR count). The molecule has 2 aromatic carbocycles. The number of hydrazone groups is 1. The molecular formula is C15H15FN4O3S. The molecule has 0 amide bonds. The van der Waals surface area contributed by atoms with Gasteiger partial charge in [0, 0.05) is 5.56 Å². The zero-order chi connectivity index (χ0) is 17.7. The summed E-state index contributed by atoms with van der Waals surface area (Å²) in [5, 5.41) is 11.2. The first-order chi connectivity index (χ1) is 11.3. The van der Waals surface area contributed by atoms with Crippen LogP contribution in [0.1, 0.15) is 11.1 Å². The van der Waals surface area contributed by atoms with Gasteiger partial charge in [0.05, 0.1) is 11.1 Å². The largest absolute Gasteiger partial charge is 0.367 e. The Labute approximate surface area is 138 Å². The summed E-state index contributed by atoms with van der Waals surface area (Å²) in [6.07, 6.45) is 1.00. The number of nitrogens with zero attached hydrogens (tertiary/aromatic N) is 2. The van der Waals surface area contributed by atoms with Crippen molar-refractivity contribution in [2.24, 2.45) is 10.8 Å². The van der Waals surface area contributed by atoms with Crippen LogP contribution in [0.3, 0.4) is 0 Å². The molecule has 7 nitrogen and oxygen atoms in total. The van der Waals surface area contributed by atoms with Gasteiger partial charge in [-0.2, -0.15) is 8.42 Å². The standard InChI is InChI=1S/C15H15FN4O3S/c1-11-6-8-13(9-7-11)24(21,22)23-20(15(17)18)19-10-12-4-2-3-5-14(12)16/h2-10H,1H3,(H3,17,18). The highest BCUT2D eigenvalue weighted by atomic mass is 32.2. The fraction of sp³-hybridized carbons (Fsp3) is 0.0667. The number of nitrogens with one attached hydrogen (secondary N) is 1. The minimum Gasteiger partial charge on any atom is -0.367 e. The Bertz CT molecular complexity index is 867. The molecule has 0 aliphatic heterocycles. The average molecular weight is 350 g/mol. The predicted molar refractivity (Wildman–Crippen MR) is 87.2 cm³/mol. The molecule has 9 heteroatoms. The molecule has 0 unspecified atom stereocenters. The van der Waals surface area contributed by atoms with Gasteiger partial charge in [-0.3, -0.25) is 5.41 Å². The molecule has 0 saturated heterocycles. The number of nitrogens with two attached hydrogens (primary N) is 1. The molecule has 0 fully saturated rings. The highest BCUT2D eigenvalue weighted by Crippen LogP contribution is 2.15. The molecule has 0 bridgehead atoms. The fourth-order valence-corrected chi connectivity index (χ4v) is 2.52. The Morgan fingerprint density at radius 1 is 1.25 bits per heavy atom. The minimum atomic E-state index is -4.24. The third-order valence-corrected chi connectivity index (χ3v) is 4.08. The van der Waals surface area contributed by atoms with Gasteiger partial charge in [-0.05, 0) is 25.1 Å². The van der Waals surface area contributed by atoms with E-state index >= 15 is 0 Å². The van der Waals surface area contributed by atoms with E-state index in [-0.39, 0.29) is 10.5 Å². The van der Waals surface area contributed by atoms with E-state index in [1.54, 1.807) is 25.1 Å². The van der Waals surface area contributed by atoms with Gasteiger partial charge in [0.2, 0.25) is 5.96 Å². The molecule has 0 aliphatic carbocycles. The van der Waals surface area contributed by atoms with E-state index < -0.39 is 21.9 Å². The van der Waals surface area contributed by atoms with E-state index in [1.165, 1.54) is 30.3 Å². The SMILES string of the molecule is Cc1ccc(S(=O)(=O)ON(N=Cc2ccccc2F)C(=N)N)cc1. The van der Waals surface area contributed by atoms with Gasteiger partial charge in [0.1, 0.15) is 5.82 Å². The number of hydrogen-bond acceptors (Lipinski definition) is 5. The van der Waals surface area contributed by atoms with E-state index in [9.17, 15) is 12.8 Å². The molecule has 0 saturated carbocycles. The molecule has 0 atom stereocenters. The van der Waals surface area contributed by atoms with E-state index in [1.807, 2.05) is 0 Å². The highest BCUT2D eigenvalue weighted by molar-refractivity contribution is 7.86. The monoisotopic (exact) mass is 350 g/mol. The smallest absolute Gasteiger partial charge is 0.319 e. The zero-order valence-electron chi connectivity index (χ0n) is 12.7. The third-order valence-electron chi connectivity index (χ3n) is 2.89. The van der Waals surface area contributed by atoms with Crippen molar-refractivity contribution in [3.8, 4) is 0 Å². The van der Waals surface area contributed by atoms with Gasteiger partial charge in [-0.1, -0.05) is 41.1 Å². The lowest BCUT2D eigenvalue weighted by atomic mass is 10.2. The zero-order valence-corrected chi connectivity index (χ0v) is 13.5. The molecular weight excluding hydrogens is 335 g/mol. The lowest BCUT2D eigenvalue weighted by molar-refractivity contribution is 0.0284. The average Bonchev–Trinajstić information content (AvgIpc) is 2.53. The summed E-state index contributed by atoms with van der Waals surface area (Å²) in [7, 11) is -4.24. The Morgan fingerprint density at radius 3 is 2.46 bits per heavy atom. The van der Waals surface area contributed by atoms with Gasteiger partial charge in [0.25, 0.3) is 0 Å². The van der Waals surface area contributed by atoms with Crippen molar-refractivity contribution >= 4 is 22.3 Å². The Hall–Kier alpha value is -2.78. The summed E-state index contributed by atoms with van der Waals surface area (Å²) in [6.45, 7) is 1.80. The molecule has 3 N–H and O–H groups in total. The van der Waals surface area contributed by atoms with Crippen LogP contribution in [0.5, 0.6) is 0 Å². The van der Waals surface area contributed by atoms with Crippen molar-refractivity contribution in [3.05, 3.63) is 65.5 Å². The van der Waals surface area contributed by atoms with Gasteiger partial charge >= 0.3 is 10.1 Å². The summed E-state index contributed by atoms with van der Waals surface area (Å²) in [5.74, 6) is -1.34. The molecule has 0 radical (unpaired) electrons. The molecule has 0 spiro atoms. The van der Waals surface area contributed by atoms with Crippen LogP contribution >= 0.6 is 0 Å². The normalized spacial score (nSPS) is 11.6. The van der Waals surface area contributed by atoms with Gasteiger partial charge in [-0.25, -0.2) is 4.39 Å². The number of halogens is 1. The second kappa shape index (κ2) is 7.20. The number of benzene rings is 2. The van der Waals surface area contributed by atoms with Gasteiger partial charge < -0.3 is 5.73 Å². The van der Waals surface area contributed by atoms with Crippen LogP contribution in [0.4, 0.5) is 4.39 Å². The van der Waals surface area contributed by atoms with E-state index in [2.05, 4.69) is 5.10 Å². The maximum Gasteiger partial charge on any atom is 0.319 e. The molecule has 126 valence electrons. The van der Waals surface area contributed by atoms with Crippen molar-refractivity contribution < 1.29 is 17.1 Å². The first kappa shape index (κ1) is 17.6. The van der Waals surface area contributed by atoms with Crippen LogP contribution in [0.25, 0.3) is 0 Å². The van der Waals surface area contributed by atoms with Crippen molar-refractivity contribution in [1.29, 1.82) is 5.41 Å². The maximum atomic E-state index is 13.5. The first-order valence-corrected chi connectivity index (χ1v) is 8.14. The highest BCUT2D eigenvalue weighted by Gasteiger charge is 2.21. The van der Waals surface area contributed by atoms with Crippen LogP contribution in [0.15, 0.2) is 58.5 Å². The van der Waals surface area contributed by atoms with Gasteiger partial charge in [-0.15, -0.1) is 9.39 Å². The van der Waals surface area contributed by atoms with Crippen LogP contribution in [0, 0.1) is 18.2 Å². The van der Waals surface area contributed by atoms with Crippen molar-refractivity contribution in [1.82, 2.24) is 5.17 Å². The minimum absolute atomic E-state index is 0.0834. The predicted octanol–water partition coefficient (Wildman–Crippen LogP) is 1.98. The lowest BCUT2D eigenvalue weighted by Gasteiger charge is -2.15. The van der Waals surface area contributed by atoms with Crippen molar-refractivity contribution in [3.63, 3.8) is 0 Å².